The van der Waals surface area contributed by atoms with Gasteiger partial charge in [0.25, 0.3) is 5.91 Å². The number of amides is 1. The molecule has 0 heterocycles. The summed E-state index contributed by atoms with van der Waals surface area (Å²) in [5.74, 6) is -2.77. The first-order chi connectivity index (χ1) is 11.2. The summed E-state index contributed by atoms with van der Waals surface area (Å²) in [5, 5.41) is 2.34. The molecule has 1 unspecified atom stereocenters. The molecule has 8 heteroatoms. The van der Waals surface area contributed by atoms with Crippen molar-refractivity contribution in [3.05, 3.63) is 59.7 Å². The molecule has 0 saturated heterocycles. The molecule has 128 valence electrons. The number of carbonyl (C=O) groups excluding carboxylic acids is 1. The lowest BCUT2D eigenvalue weighted by Gasteiger charge is -2.15. The molecule has 0 aliphatic rings. The summed E-state index contributed by atoms with van der Waals surface area (Å²) in [6.07, 6.45) is -5.62. The largest absolute Gasteiger partial charge is 0.478 e. The van der Waals surface area contributed by atoms with Crippen molar-refractivity contribution in [1.29, 1.82) is 0 Å². The lowest BCUT2D eigenvalue weighted by molar-refractivity contribution is -0.137. The zero-order valence-corrected chi connectivity index (χ0v) is 12.3. The number of hydrogen-bond donors (Lipinski definition) is 1. The molecule has 24 heavy (non-hydrogen) atoms. The van der Waals surface area contributed by atoms with Gasteiger partial charge in [-0.3, -0.25) is 4.79 Å². The Morgan fingerprint density at radius 1 is 1.08 bits per heavy atom. The molecule has 0 spiro atoms. The molecule has 2 aromatic rings. The van der Waals surface area contributed by atoms with Gasteiger partial charge in [-0.1, -0.05) is 0 Å². The van der Waals surface area contributed by atoms with Gasteiger partial charge in [0.05, 0.1) is 5.56 Å². The van der Waals surface area contributed by atoms with Crippen molar-refractivity contribution in [1.82, 2.24) is 0 Å². The smallest absolute Gasteiger partial charge is 0.416 e. The second-order valence-corrected chi connectivity index (χ2v) is 4.90. The quantitative estimate of drug-likeness (QED) is 0.835. The first-order valence-corrected chi connectivity index (χ1v) is 6.76. The van der Waals surface area contributed by atoms with Crippen LogP contribution in [0.5, 0.6) is 5.75 Å². The van der Waals surface area contributed by atoms with Crippen molar-refractivity contribution in [3.8, 4) is 5.75 Å². The predicted molar refractivity (Wildman–Crippen MR) is 76.5 cm³/mol. The topological polar surface area (TPSA) is 38.3 Å². The number of rotatable bonds is 4. The Morgan fingerprint density at radius 3 is 2.25 bits per heavy atom. The second kappa shape index (κ2) is 6.86. The summed E-state index contributed by atoms with van der Waals surface area (Å²) in [6, 6.07) is 6.43. The van der Waals surface area contributed by atoms with Gasteiger partial charge in [-0.25, -0.2) is 8.78 Å². The molecule has 0 aromatic heterocycles. The van der Waals surface area contributed by atoms with Gasteiger partial charge in [-0.2, -0.15) is 13.2 Å². The molecule has 1 atom stereocenters. The molecular formula is C16H12F5NO2. The van der Waals surface area contributed by atoms with Crippen molar-refractivity contribution in [2.45, 2.75) is 19.2 Å². The Kier molecular flexibility index (Phi) is 5.06. The average molecular weight is 345 g/mol. The van der Waals surface area contributed by atoms with Crippen molar-refractivity contribution in [2.24, 2.45) is 0 Å². The van der Waals surface area contributed by atoms with Gasteiger partial charge in [-0.05, 0) is 43.3 Å². The van der Waals surface area contributed by atoms with E-state index in [1.165, 1.54) is 6.92 Å². The summed E-state index contributed by atoms with van der Waals surface area (Å²) in [7, 11) is 0. The summed E-state index contributed by atoms with van der Waals surface area (Å²) in [5.41, 5.74) is -0.721. The summed E-state index contributed by atoms with van der Waals surface area (Å²) < 4.78 is 68.7. The normalized spacial score (nSPS) is 12.6. The number of nitrogens with one attached hydrogen (secondary N) is 1. The number of alkyl halides is 3. The lowest BCUT2D eigenvalue weighted by Crippen LogP contribution is -2.30. The van der Waals surface area contributed by atoms with E-state index in [4.69, 9.17) is 4.74 Å². The molecule has 0 aliphatic carbocycles. The number of benzene rings is 2. The zero-order chi connectivity index (χ0) is 17.9. The summed E-state index contributed by atoms with van der Waals surface area (Å²) >= 11 is 0. The number of hydrogen-bond acceptors (Lipinski definition) is 2. The number of anilines is 1. The summed E-state index contributed by atoms with van der Waals surface area (Å²) in [6.45, 7) is 1.32. The van der Waals surface area contributed by atoms with E-state index in [0.29, 0.717) is 6.07 Å². The Labute approximate surface area is 134 Å². The van der Waals surface area contributed by atoms with Crippen LogP contribution in [0.2, 0.25) is 0 Å². The first-order valence-electron chi connectivity index (χ1n) is 6.76. The van der Waals surface area contributed by atoms with Gasteiger partial charge >= 0.3 is 6.18 Å². The van der Waals surface area contributed by atoms with E-state index < -0.39 is 35.4 Å². The Bertz CT molecular complexity index is 728. The van der Waals surface area contributed by atoms with Crippen molar-refractivity contribution in [3.63, 3.8) is 0 Å². The van der Waals surface area contributed by atoms with E-state index in [1.54, 1.807) is 0 Å². The van der Waals surface area contributed by atoms with E-state index >= 15 is 0 Å². The molecule has 0 fully saturated rings. The van der Waals surface area contributed by atoms with Gasteiger partial charge in [0, 0.05) is 11.8 Å². The van der Waals surface area contributed by atoms with E-state index in [1.807, 2.05) is 0 Å². The van der Waals surface area contributed by atoms with Crippen LogP contribution in [0.1, 0.15) is 12.5 Å². The van der Waals surface area contributed by atoms with E-state index in [0.717, 1.165) is 36.4 Å². The van der Waals surface area contributed by atoms with Crippen LogP contribution in [0, 0.1) is 11.6 Å². The molecular weight excluding hydrogens is 333 g/mol. The maximum Gasteiger partial charge on any atom is 0.416 e. The van der Waals surface area contributed by atoms with Crippen molar-refractivity contribution in [2.75, 3.05) is 5.32 Å². The molecule has 0 aliphatic heterocycles. The standard InChI is InChI=1S/C16H12F5NO2/c1-9(24-14-7-4-11(17)8-13(14)18)15(23)22-12-5-2-10(3-6-12)16(19,20)21/h2-9H,1H3,(H,22,23). The fourth-order valence-electron chi connectivity index (χ4n) is 1.80. The lowest BCUT2D eigenvalue weighted by atomic mass is 10.2. The Morgan fingerprint density at radius 2 is 1.71 bits per heavy atom. The number of halogens is 5. The highest BCUT2D eigenvalue weighted by atomic mass is 19.4. The average Bonchev–Trinajstić information content (AvgIpc) is 2.49. The molecule has 0 bridgehead atoms. The molecule has 0 saturated carbocycles. The second-order valence-electron chi connectivity index (χ2n) is 4.90. The van der Waals surface area contributed by atoms with Crippen LogP contribution in [0.4, 0.5) is 27.6 Å². The molecule has 1 N–H and O–H groups in total. The third-order valence-corrected chi connectivity index (χ3v) is 3.05. The van der Waals surface area contributed by atoms with Crippen LogP contribution < -0.4 is 10.1 Å². The number of carbonyl (C=O) groups is 1. The minimum atomic E-state index is -4.47. The van der Waals surface area contributed by atoms with Crippen molar-refractivity contribution < 1.29 is 31.5 Å². The van der Waals surface area contributed by atoms with Gasteiger partial charge in [0.2, 0.25) is 0 Å². The molecule has 3 nitrogen and oxygen atoms in total. The van der Waals surface area contributed by atoms with Gasteiger partial charge in [-0.15, -0.1) is 0 Å². The first kappa shape index (κ1) is 17.7. The minimum absolute atomic E-state index is 0.128. The van der Waals surface area contributed by atoms with Crippen LogP contribution in [0.25, 0.3) is 0 Å². The van der Waals surface area contributed by atoms with Gasteiger partial charge in [0.15, 0.2) is 17.7 Å². The van der Waals surface area contributed by atoms with Gasteiger partial charge in [0.1, 0.15) is 5.82 Å². The molecule has 1 amide bonds. The third-order valence-electron chi connectivity index (χ3n) is 3.05. The maximum atomic E-state index is 13.5. The van der Waals surface area contributed by atoms with Crippen LogP contribution >= 0.6 is 0 Å². The van der Waals surface area contributed by atoms with Crippen LogP contribution in [-0.4, -0.2) is 12.0 Å². The predicted octanol–water partition coefficient (Wildman–Crippen LogP) is 4.39. The van der Waals surface area contributed by atoms with E-state index in [-0.39, 0.29) is 11.4 Å². The fraction of sp³-hybridized carbons (Fsp3) is 0.188. The van der Waals surface area contributed by atoms with Crippen LogP contribution in [-0.2, 0) is 11.0 Å². The van der Waals surface area contributed by atoms with E-state index in [9.17, 15) is 26.7 Å². The fourth-order valence-corrected chi connectivity index (χ4v) is 1.80. The highest BCUT2D eigenvalue weighted by molar-refractivity contribution is 5.94. The molecule has 2 aromatic carbocycles. The van der Waals surface area contributed by atoms with E-state index in [2.05, 4.69) is 5.32 Å². The SMILES string of the molecule is CC(Oc1ccc(F)cc1F)C(=O)Nc1ccc(C(F)(F)F)cc1. The van der Waals surface area contributed by atoms with Crippen LogP contribution in [0.3, 0.4) is 0 Å². The van der Waals surface area contributed by atoms with Crippen molar-refractivity contribution >= 4 is 11.6 Å². The van der Waals surface area contributed by atoms with Gasteiger partial charge < -0.3 is 10.1 Å². The molecule has 0 radical (unpaired) electrons. The highest BCUT2D eigenvalue weighted by Gasteiger charge is 2.30. The summed E-state index contributed by atoms with van der Waals surface area (Å²) in [4.78, 5) is 11.9. The highest BCUT2D eigenvalue weighted by Crippen LogP contribution is 2.29. The number of ether oxygens (including phenoxy) is 1. The van der Waals surface area contributed by atoms with Crippen LogP contribution in [0.15, 0.2) is 42.5 Å². The Hall–Kier alpha value is -2.64. The maximum absolute atomic E-state index is 13.5. The minimum Gasteiger partial charge on any atom is -0.478 e. The molecule has 2 rings (SSSR count). The zero-order valence-electron chi connectivity index (χ0n) is 12.3. The Balaban J connectivity index is 2.01. The monoisotopic (exact) mass is 345 g/mol. The third kappa shape index (κ3) is 4.43.